The molecule has 0 saturated heterocycles. The molecule has 2 heterocycles. The number of hydrogen-bond donors (Lipinski definition) is 0. The zero-order chi connectivity index (χ0) is 18.8. The second kappa shape index (κ2) is 7.58. The summed E-state index contributed by atoms with van der Waals surface area (Å²) in [5, 5.41) is 3.27. The molecule has 1 aromatic heterocycles. The van der Waals surface area contributed by atoms with Crippen LogP contribution < -0.4 is 9.47 Å². The third kappa shape index (κ3) is 3.77. The molecule has 3 aromatic rings. The van der Waals surface area contributed by atoms with Crippen molar-refractivity contribution in [3.8, 4) is 22.1 Å². The average Bonchev–Trinajstić information content (AvgIpc) is 3.14. The molecule has 1 aliphatic heterocycles. The standard InChI is InChI=1S/C20H16ClNO4S/c1-12-18(26-17-9-5-4-8-16(17)25-12)20(23)24-10-13-11-27-19(22-13)14-6-2-3-7-15(14)21/h2-9,11-12,18H,10H2,1H3. The Morgan fingerprint density at radius 3 is 2.63 bits per heavy atom. The van der Waals surface area contributed by atoms with Gasteiger partial charge in [-0.05, 0) is 25.1 Å². The molecule has 27 heavy (non-hydrogen) atoms. The van der Waals surface area contributed by atoms with Crippen molar-refractivity contribution in [2.45, 2.75) is 25.7 Å². The second-order valence-electron chi connectivity index (χ2n) is 6.04. The molecular formula is C20H16ClNO4S. The van der Waals surface area contributed by atoms with Gasteiger partial charge in [0.15, 0.2) is 11.5 Å². The van der Waals surface area contributed by atoms with E-state index in [4.69, 9.17) is 25.8 Å². The van der Waals surface area contributed by atoms with Crippen molar-refractivity contribution in [3.63, 3.8) is 0 Å². The fraction of sp³-hybridized carbons (Fsp3) is 0.200. The van der Waals surface area contributed by atoms with E-state index in [9.17, 15) is 4.79 Å². The highest BCUT2D eigenvalue weighted by atomic mass is 35.5. The summed E-state index contributed by atoms with van der Waals surface area (Å²) in [4.78, 5) is 16.9. The second-order valence-corrected chi connectivity index (χ2v) is 7.31. The summed E-state index contributed by atoms with van der Waals surface area (Å²) >= 11 is 7.66. The minimum absolute atomic E-state index is 0.0635. The van der Waals surface area contributed by atoms with Gasteiger partial charge >= 0.3 is 5.97 Å². The Bertz CT molecular complexity index is 974. The summed E-state index contributed by atoms with van der Waals surface area (Å²) < 4.78 is 16.9. The molecule has 0 N–H and O–H groups in total. The Hall–Kier alpha value is -2.57. The number of thiazole rings is 1. The van der Waals surface area contributed by atoms with Crippen LogP contribution >= 0.6 is 22.9 Å². The number of nitrogens with zero attached hydrogens (tertiary/aromatic N) is 1. The third-order valence-electron chi connectivity index (χ3n) is 4.09. The van der Waals surface area contributed by atoms with Gasteiger partial charge in [-0.15, -0.1) is 11.3 Å². The monoisotopic (exact) mass is 401 g/mol. The van der Waals surface area contributed by atoms with Crippen molar-refractivity contribution in [1.82, 2.24) is 4.98 Å². The van der Waals surface area contributed by atoms with Gasteiger partial charge in [-0.25, -0.2) is 9.78 Å². The molecule has 5 nitrogen and oxygen atoms in total. The maximum absolute atomic E-state index is 12.4. The molecule has 0 radical (unpaired) electrons. The number of esters is 1. The van der Waals surface area contributed by atoms with Crippen LogP contribution in [0.1, 0.15) is 12.6 Å². The summed E-state index contributed by atoms with van der Waals surface area (Å²) in [6, 6.07) is 14.7. The zero-order valence-electron chi connectivity index (χ0n) is 14.4. The number of halogens is 1. The molecule has 4 rings (SSSR count). The summed E-state index contributed by atoms with van der Waals surface area (Å²) in [6.45, 7) is 1.84. The molecule has 0 spiro atoms. The van der Waals surface area contributed by atoms with Crippen molar-refractivity contribution >= 4 is 28.9 Å². The zero-order valence-corrected chi connectivity index (χ0v) is 16.0. The number of rotatable bonds is 4. The largest absolute Gasteiger partial charge is 0.482 e. The van der Waals surface area contributed by atoms with E-state index in [-0.39, 0.29) is 6.61 Å². The van der Waals surface area contributed by atoms with Crippen molar-refractivity contribution in [3.05, 3.63) is 64.6 Å². The minimum atomic E-state index is -0.818. The summed E-state index contributed by atoms with van der Waals surface area (Å²) in [5.74, 6) is 0.675. The van der Waals surface area contributed by atoms with E-state index in [1.807, 2.05) is 41.8 Å². The normalized spacial score (nSPS) is 18.1. The van der Waals surface area contributed by atoms with Gasteiger partial charge in [-0.3, -0.25) is 0 Å². The van der Waals surface area contributed by atoms with E-state index in [0.717, 1.165) is 10.6 Å². The minimum Gasteiger partial charge on any atom is -0.482 e. The van der Waals surface area contributed by atoms with Crippen molar-refractivity contribution < 1.29 is 19.0 Å². The number of carbonyl (C=O) groups is 1. The maximum Gasteiger partial charge on any atom is 0.351 e. The lowest BCUT2D eigenvalue weighted by Gasteiger charge is -2.30. The van der Waals surface area contributed by atoms with Crippen molar-refractivity contribution in [1.29, 1.82) is 0 Å². The van der Waals surface area contributed by atoms with E-state index >= 15 is 0 Å². The molecule has 2 unspecified atom stereocenters. The number of aromatic nitrogens is 1. The van der Waals surface area contributed by atoms with Crippen molar-refractivity contribution in [2.24, 2.45) is 0 Å². The Morgan fingerprint density at radius 1 is 1.15 bits per heavy atom. The topological polar surface area (TPSA) is 57.7 Å². The van der Waals surface area contributed by atoms with Crippen LogP contribution in [0, 0.1) is 0 Å². The lowest BCUT2D eigenvalue weighted by molar-refractivity contribution is -0.159. The number of benzene rings is 2. The third-order valence-corrected chi connectivity index (χ3v) is 5.35. The van der Waals surface area contributed by atoms with Gasteiger partial charge < -0.3 is 14.2 Å². The summed E-state index contributed by atoms with van der Waals surface area (Å²) in [6.07, 6.45) is -1.26. The van der Waals surface area contributed by atoms with Crippen LogP contribution in [0.15, 0.2) is 53.9 Å². The van der Waals surface area contributed by atoms with E-state index < -0.39 is 18.2 Å². The summed E-state index contributed by atoms with van der Waals surface area (Å²) in [7, 11) is 0. The van der Waals surface area contributed by atoms with E-state index in [0.29, 0.717) is 22.2 Å². The number of hydrogen-bond acceptors (Lipinski definition) is 6. The molecule has 1 aliphatic rings. The first-order valence-corrected chi connectivity index (χ1v) is 9.66. The van der Waals surface area contributed by atoms with Gasteiger partial charge in [0, 0.05) is 10.9 Å². The SMILES string of the molecule is CC1Oc2ccccc2OC1C(=O)OCc1csc(-c2ccccc2Cl)n1. The van der Waals surface area contributed by atoms with Gasteiger partial charge in [-0.2, -0.15) is 0 Å². The molecule has 0 bridgehead atoms. The van der Waals surface area contributed by atoms with Crippen LogP contribution in [-0.2, 0) is 16.1 Å². The van der Waals surface area contributed by atoms with Gasteiger partial charge in [0.1, 0.15) is 17.7 Å². The van der Waals surface area contributed by atoms with Crippen LogP contribution in [-0.4, -0.2) is 23.2 Å². The first-order chi connectivity index (χ1) is 13.1. The van der Waals surface area contributed by atoms with Crippen LogP contribution in [0.3, 0.4) is 0 Å². The lowest BCUT2D eigenvalue weighted by Crippen LogP contribution is -2.44. The Morgan fingerprint density at radius 2 is 1.85 bits per heavy atom. The quantitative estimate of drug-likeness (QED) is 0.591. The predicted octanol–water partition coefficient (Wildman–Crippen LogP) is 4.74. The molecule has 2 atom stereocenters. The van der Waals surface area contributed by atoms with Crippen LogP contribution in [0.5, 0.6) is 11.5 Å². The van der Waals surface area contributed by atoms with E-state index in [1.165, 1.54) is 11.3 Å². The highest BCUT2D eigenvalue weighted by molar-refractivity contribution is 7.13. The number of para-hydroxylation sites is 2. The number of carbonyl (C=O) groups excluding carboxylic acids is 1. The Balaban J connectivity index is 1.41. The van der Waals surface area contributed by atoms with Crippen LogP contribution in [0.25, 0.3) is 10.6 Å². The Kier molecular flexibility index (Phi) is 5.01. The summed E-state index contributed by atoms with van der Waals surface area (Å²) in [5.41, 5.74) is 1.52. The molecule has 0 saturated carbocycles. The fourth-order valence-corrected chi connectivity index (χ4v) is 3.86. The first-order valence-electron chi connectivity index (χ1n) is 8.40. The predicted molar refractivity (Wildman–Crippen MR) is 103 cm³/mol. The van der Waals surface area contributed by atoms with Crippen molar-refractivity contribution in [2.75, 3.05) is 0 Å². The molecule has 0 aliphatic carbocycles. The first kappa shape index (κ1) is 17.8. The van der Waals surface area contributed by atoms with Gasteiger partial charge in [0.25, 0.3) is 0 Å². The molecule has 7 heteroatoms. The molecule has 0 amide bonds. The van der Waals surface area contributed by atoms with E-state index in [1.54, 1.807) is 19.1 Å². The Labute approximate surface area is 165 Å². The fourth-order valence-electron chi connectivity index (χ4n) is 2.74. The van der Waals surface area contributed by atoms with E-state index in [2.05, 4.69) is 4.98 Å². The smallest absolute Gasteiger partial charge is 0.351 e. The highest BCUT2D eigenvalue weighted by Gasteiger charge is 2.35. The molecular weight excluding hydrogens is 386 g/mol. The van der Waals surface area contributed by atoms with Gasteiger partial charge in [0.2, 0.25) is 6.10 Å². The maximum atomic E-state index is 12.4. The highest BCUT2D eigenvalue weighted by Crippen LogP contribution is 2.34. The molecule has 0 fully saturated rings. The average molecular weight is 402 g/mol. The number of fused-ring (bicyclic) bond motifs is 1. The molecule has 2 aromatic carbocycles. The number of ether oxygens (including phenoxy) is 3. The van der Waals surface area contributed by atoms with Crippen LogP contribution in [0.4, 0.5) is 0 Å². The van der Waals surface area contributed by atoms with Gasteiger partial charge in [-0.1, -0.05) is 41.9 Å². The lowest BCUT2D eigenvalue weighted by atomic mass is 10.2. The van der Waals surface area contributed by atoms with Crippen LogP contribution in [0.2, 0.25) is 5.02 Å². The van der Waals surface area contributed by atoms with Gasteiger partial charge in [0.05, 0.1) is 10.7 Å². The molecule has 138 valence electrons.